The van der Waals surface area contributed by atoms with Gasteiger partial charge in [-0.1, -0.05) is 41.2 Å². The Balaban J connectivity index is 1.23. The highest BCUT2D eigenvalue weighted by Gasteiger charge is 2.58. The van der Waals surface area contributed by atoms with Crippen LogP contribution in [0.25, 0.3) is 10.2 Å². The second-order valence-corrected chi connectivity index (χ2v) is 11.4. The van der Waals surface area contributed by atoms with Crippen LogP contribution in [0.3, 0.4) is 0 Å². The van der Waals surface area contributed by atoms with Gasteiger partial charge < -0.3 is 10.1 Å². The molecule has 2 aromatic carbocycles. The number of rotatable bonds is 4. The van der Waals surface area contributed by atoms with Gasteiger partial charge in [0.05, 0.1) is 17.3 Å². The summed E-state index contributed by atoms with van der Waals surface area (Å²) in [5.74, 6) is 2.20. The molecule has 4 saturated carbocycles. The Morgan fingerprint density at radius 1 is 1.09 bits per heavy atom. The van der Waals surface area contributed by atoms with Gasteiger partial charge >= 0.3 is 6.03 Å². The molecule has 4 aliphatic carbocycles. The zero-order chi connectivity index (χ0) is 21.9. The van der Waals surface area contributed by atoms with Gasteiger partial charge in [0.2, 0.25) is 0 Å². The Kier molecular flexibility index (Phi) is 4.51. The van der Waals surface area contributed by atoms with Crippen molar-refractivity contribution >= 4 is 32.7 Å². The van der Waals surface area contributed by atoms with Crippen molar-refractivity contribution in [1.82, 2.24) is 10.3 Å². The average Bonchev–Trinajstić information content (AvgIpc) is 3.13. The highest BCUT2D eigenvalue weighted by Crippen LogP contribution is 2.62. The highest BCUT2D eigenvalue weighted by atomic mass is 32.1. The first-order valence-electron chi connectivity index (χ1n) is 11.6. The number of carbonyl (C=O) groups is 1. The minimum Gasteiger partial charge on any atom is -0.497 e. The summed E-state index contributed by atoms with van der Waals surface area (Å²) in [6.45, 7) is 2.15. The summed E-state index contributed by atoms with van der Waals surface area (Å²) >= 11 is 1.48. The molecule has 0 saturated heterocycles. The largest absolute Gasteiger partial charge is 0.497 e. The third-order valence-electron chi connectivity index (χ3n) is 7.92. The number of benzene rings is 2. The third-order valence-corrected chi connectivity index (χ3v) is 8.85. The van der Waals surface area contributed by atoms with Gasteiger partial charge in [0.1, 0.15) is 5.75 Å². The number of nitrogens with one attached hydrogen (secondary N) is 2. The molecule has 1 heterocycles. The van der Waals surface area contributed by atoms with Gasteiger partial charge in [0, 0.05) is 5.54 Å². The van der Waals surface area contributed by atoms with Crippen molar-refractivity contribution in [2.75, 3.05) is 12.4 Å². The van der Waals surface area contributed by atoms with E-state index in [4.69, 9.17) is 4.74 Å². The van der Waals surface area contributed by atoms with E-state index in [-0.39, 0.29) is 17.0 Å². The fourth-order valence-electron chi connectivity index (χ4n) is 7.11. The quantitative estimate of drug-likeness (QED) is 0.514. The van der Waals surface area contributed by atoms with Crippen LogP contribution in [0.4, 0.5) is 9.93 Å². The lowest BCUT2D eigenvalue weighted by Crippen LogP contribution is -2.64. The van der Waals surface area contributed by atoms with Crippen LogP contribution >= 0.6 is 11.3 Å². The summed E-state index contributed by atoms with van der Waals surface area (Å²) in [5.41, 5.74) is 3.73. The number of hydrogen-bond acceptors (Lipinski definition) is 4. The second kappa shape index (κ2) is 7.20. The number of anilines is 1. The number of nitrogens with zero attached hydrogens (tertiary/aromatic N) is 1. The van der Waals surface area contributed by atoms with Gasteiger partial charge in [-0.15, -0.1) is 0 Å². The first-order chi connectivity index (χ1) is 15.4. The highest BCUT2D eigenvalue weighted by molar-refractivity contribution is 7.22. The Hall–Kier alpha value is -2.60. The fraction of sp³-hybridized carbons (Fsp3) is 0.462. The van der Waals surface area contributed by atoms with E-state index in [1.807, 2.05) is 18.2 Å². The van der Waals surface area contributed by atoms with Crippen LogP contribution in [-0.4, -0.2) is 23.7 Å². The lowest BCUT2D eigenvalue weighted by Gasteiger charge is -2.62. The molecule has 2 atom stereocenters. The third kappa shape index (κ3) is 3.36. The molecule has 0 spiro atoms. The Bertz CT molecular complexity index is 1170. The SMILES string of the molecule is COc1ccc2nc(NC(=O)NC34CC5CC(C3)CC(c3ccc(C)cc3)(C5)C4)sc2c1. The predicted octanol–water partition coefficient (Wildman–Crippen LogP) is 6.03. The summed E-state index contributed by atoms with van der Waals surface area (Å²) in [6, 6.07) is 14.8. The van der Waals surface area contributed by atoms with Crippen molar-refractivity contribution in [1.29, 1.82) is 0 Å². The van der Waals surface area contributed by atoms with Crippen molar-refractivity contribution < 1.29 is 9.53 Å². The molecular weight excluding hydrogens is 418 g/mol. The molecule has 166 valence electrons. The minimum atomic E-state index is -0.128. The Labute approximate surface area is 192 Å². The van der Waals surface area contributed by atoms with Crippen LogP contribution < -0.4 is 15.4 Å². The summed E-state index contributed by atoms with van der Waals surface area (Å²) in [7, 11) is 1.66. The van der Waals surface area contributed by atoms with Crippen LogP contribution in [0.5, 0.6) is 5.75 Å². The van der Waals surface area contributed by atoms with Crippen LogP contribution in [0, 0.1) is 18.8 Å². The number of urea groups is 1. The maximum atomic E-state index is 13.1. The van der Waals surface area contributed by atoms with Gasteiger partial charge in [0.25, 0.3) is 0 Å². The molecule has 1 aromatic heterocycles. The molecule has 2 N–H and O–H groups in total. The van der Waals surface area contributed by atoms with Crippen molar-refractivity contribution in [3.63, 3.8) is 0 Å². The number of aryl methyl sites for hydroxylation is 1. The van der Waals surface area contributed by atoms with E-state index in [0.717, 1.165) is 35.2 Å². The molecule has 4 aliphatic rings. The number of carbonyl (C=O) groups excluding carboxylic acids is 1. The zero-order valence-electron chi connectivity index (χ0n) is 18.6. The number of amides is 2. The molecule has 6 heteroatoms. The molecule has 32 heavy (non-hydrogen) atoms. The van der Waals surface area contributed by atoms with Gasteiger partial charge in [-0.3, -0.25) is 5.32 Å². The van der Waals surface area contributed by atoms with E-state index in [9.17, 15) is 4.79 Å². The van der Waals surface area contributed by atoms with Crippen molar-refractivity contribution in [2.24, 2.45) is 11.8 Å². The standard InChI is InChI=1S/C26H29N3O2S/c1-16-3-5-19(6-4-16)25-11-17-9-18(12-25)14-26(13-17,15-25)29-23(30)28-24-27-21-8-7-20(31-2)10-22(21)32-24/h3-8,10,17-18H,9,11-15H2,1-2H3,(H2,27,28,29,30). The van der Waals surface area contributed by atoms with E-state index in [1.54, 1.807) is 7.11 Å². The summed E-state index contributed by atoms with van der Waals surface area (Å²) < 4.78 is 6.31. The molecule has 0 aliphatic heterocycles. The topological polar surface area (TPSA) is 63.2 Å². The smallest absolute Gasteiger partial charge is 0.321 e. The molecule has 0 radical (unpaired) electrons. The normalized spacial score (nSPS) is 30.4. The number of aromatic nitrogens is 1. The molecule has 4 bridgehead atoms. The van der Waals surface area contributed by atoms with Crippen LogP contribution in [0.2, 0.25) is 0 Å². The van der Waals surface area contributed by atoms with Gasteiger partial charge in [-0.2, -0.15) is 0 Å². The predicted molar refractivity (Wildman–Crippen MR) is 129 cm³/mol. The summed E-state index contributed by atoms with van der Waals surface area (Å²) in [4.78, 5) is 17.7. The zero-order valence-corrected chi connectivity index (χ0v) is 19.4. The molecule has 7 rings (SSSR count). The molecule has 2 amide bonds. The fourth-order valence-corrected chi connectivity index (χ4v) is 8.00. The van der Waals surface area contributed by atoms with E-state index in [2.05, 4.69) is 46.8 Å². The van der Waals surface area contributed by atoms with Gasteiger partial charge in [-0.25, -0.2) is 9.78 Å². The average molecular weight is 448 g/mol. The molecule has 5 nitrogen and oxygen atoms in total. The number of methoxy groups -OCH3 is 1. The van der Waals surface area contributed by atoms with Crippen LogP contribution in [0.15, 0.2) is 42.5 Å². The van der Waals surface area contributed by atoms with Crippen molar-refractivity contribution in [3.05, 3.63) is 53.6 Å². The lowest BCUT2D eigenvalue weighted by molar-refractivity contribution is -0.0343. The van der Waals surface area contributed by atoms with E-state index < -0.39 is 0 Å². The molecular formula is C26H29N3O2S. The Morgan fingerprint density at radius 2 is 1.84 bits per heavy atom. The first kappa shape index (κ1) is 20.0. The van der Waals surface area contributed by atoms with Gasteiger partial charge in [0.15, 0.2) is 5.13 Å². The molecule has 2 unspecified atom stereocenters. The summed E-state index contributed by atoms with van der Waals surface area (Å²) in [5, 5.41) is 7.09. The van der Waals surface area contributed by atoms with Gasteiger partial charge in [-0.05, 0) is 86.5 Å². The number of thiazole rings is 1. The van der Waals surface area contributed by atoms with Crippen LogP contribution in [0.1, 0.15) is 49.7 Å². The monoisotopic (exact) mass is 447 g/mol. The van der Waals surface area contributed by atoms with E-state index in [1.165, 1.54) is 41.7 Å². The number of fused-ring (bicyclic) bond motifs is 1. The van der Waals surface area contributed by atoms with Crippen molar-refractivity contribution in [3.8, 4) is 5.75 Å². The number of hydrogen-bond donors (Lipinski definition) is 2. The summed E-state index contributed by atoms with van der Waals surface area (Å²) in [6.07, 6.45) is 7.08. The van der Waals surface area contributed by atoms with Crippen molar-refractivity contribution in [2.45, 2.75) is 56.4 Å². The lowest BCUT2D eigenvalue weighted by atomic mass is 9.45. The first-order valence-corrected chi connectivity index (χ1v) is 12.4. The molecule has 4 fully saturated rings. The number of ether oxygens (including phenoxy) is 1. The molecule has 3 aromatic rings. The van der Waals surface area contributed by atoms with Crippen LogP contribution in [-0.2, 0) is 5.41 Å². The maximum Gasteiger partial charge on any atom is 0.321 e. The van der Waals surface area contributed by atoms with E-state index in [0.29, 0.717) is 17.0 Å². The van der Waals surface area contributed by atoms with E-state index >= 15 is 0 Å². The maximum absolute atomic E-state index is 13.1. The second-order valence-electron chi connectivity index (χ2n) is 10.3. The minimum absolute atomic E-state index is 0.112. The Morgan fingerprint density at radius 3 is 2.56 bits per heavy atom.